The summed E-state index contributed by atoms with van der Waals surface area (Å²) in [5.74, 6) is -0.673. The maximum atomic E-state index is 13.9. The van der Waals surface area contributed by atoms with Crippen molar-refractivity contribution in [3.05, 3.63) is 47.7 Å². The minimum Gasteiger partial charge on any atom is -0.233 e. The van der Waals surface area contributed by atoms with E-state index in [0.717, 1.165) is 5.56 Å². The lowest BCUT2D eigenvalue weighted by Gasteiger charge is -2.19. The summed E-state index contributed by atoms with van der Waals surface area (Å²) in [6, 6.07) is 9.23. The SMILES string of the molecule is CC(C)(C)c1ccc(-c2ncnc(C#N)c2F)cc1. The molecule has 0 fully saturated rings. The van der Waals surface area contributed by atoms with Crippen molar-refractivity contribution in [1.82, 2.24) is 9.97 Å². The van der Waals surface area contributed by atoms with Gasteiger partial charge in [0, 0.05) is 5.56 Å². The molecular formula is C15H14FN3. The van der Waals surface area contributed by atoms with Gasteiger partial charge in [-0.3, -0.25) is 0 Å². The van der Waals surface area contributed by atoms with Crippen molar-refractivity contribution >= 4 is 0 Å². The Kier molecular flexibility index (Phi) is 3.30. The molecule has 0 unspecified atom stereocenters. The van der Waals surface area contributed by atoms with Crippen molar-refractivity contribution < 1.29 is 4.39 Å². The summed E-state index contributed by atoms with van der Waals surface area (Å²) < 4.78 is 13.9. The quantitative estimate of drug-likeness (QED) is 0.784. The van der Waals surface area contributed by atoms with Gasteiger partial charge >= 0.3 is 0 Å². The molecule has 0 aliphatic carbocycles. The zero-order valence-electron chi connectivity index (χ0n) is 11.1. The van der Waals surface area contributed by atoms with Crippen LogP contribution in [0, 0.1) is 17.1 Å². The summed E-state index contributed by atoms with van der Waals surface area (Å²) in [5, 5.41) is 8.76. The van der Waals surface area contributed by atoms with Crippen LogP contribution in [-0.4, -0.2) is 9.97 Å². The topological polar surface area (TPSA) is 49.6 Å². The first-order valence-electron chi connectivity index (χ1n) is 5.95. The van der Waals surface area contributed by atoms with Gasteiger partial charge in [0.2, 0.25) is 0 Å². The molecule has 0 bridgehead atoms. The number of nitrogens with zero attached hydrogens (tertiary/aromatic N) is 3. The van der Waals surface area contributed by atoms with Gasteiger partial charge in [-0.15, -0.1) is 0 Å². The van der Waals surface area contributed by atoms with E-state index in [0.29, 0.717) is 5.56 Å². The van der Waals surface area contributed by atoms with Crippen molar-refractivity contribution in [2.45, 2.75) is 26.2 Å². The van der Waals surface area contributed by atoms with E-state index in [-0.39, 0.29) is 16.8 Å². The van der Waals surface area contributed by atoms with Crippen molar-refractivity contribution in [3.8, 4) is 17.3 Å². The van der Waals surface area contributed by atoms with E-state index >= 15 is 0 Å². The molecule has 0 amide bonds. The zero-order chi connectivity index (χ0) is 14.0. The maximum absolute atomic E-state index is 13.9. The molecule has 0 spiro atoms. The Hall–Kier alpha value is -2.28. The van der Waals surface area contributed by atoms with Crippen molar-refractivity contribution in [2.24, 2.45) is 0 Å². The molecule has 1 aromatic carbocycles. The summed E-state index contributed by atoms with van der Waals surface area (Å²) in [4.78, 5) is 7.50. The van der Waals surface area contributed by atoms with E-state index < -0.39 is 5.82 Å². The van der Waals surface area contributed by atoms with Crippen LogP contribution in [0.2, 0.25) is 0 Å². The number of rotatable bonds is 1. The third-order valence-corrected chi connectivity index (χ3v) is 2.92. The molecule has 0 radical (unpaired) electrons. The average molecular weight is 255 g/mol. The van der Waals surface area contributed by atoms with E-state index in [4.69, 9.17) is 5.26 Å². The molecule has 2 aromatic rings. The lowest BCUT2D eigenvalue weighted by Crippen LogP contribution is -2.10. The molecule has 0 saturated carbocycles. The fraction of sp³-hybridized carbons (Fsp3) is 0.267. The normalized spacial score (nSPS) is 11.1. The highest BCUT2D eigenvalue weighted by Gasteiger charge is 2.15. The largest absolute Gasteiger partial charge is 0.233 e. The van der Waals surface area contributed by atoms with Gasteiger partial charge < -0.3 is 0 Å². The first kappa shape index (κ1) is 13.2. The fourth-order valence-electron chi connectivity index (χ4n) is 1.78. The van der Waals surface area contributed by atoms with E-state index in [1.807, 2.05) is 24.3 Å². The number of benzene rings is 1. The summed E-state index contributed by atoms with van der Waals surface area (Å²) in [6.45, 7) is 6.34. The minimum absolute atomic E-state index is 0.0422. The molecule has 0 N–H and O–H groups in total. The second-order valence-electron chi connectivity index (χ2n) is 5.32. The highest BCUT2D eigenvalue weighted by Crippen LogP contribution is 2.26. The molecule has 2 rings (SSSR count). The predicted octanol–water partition coefficient (Wildman–Crippen LogP) is 3.45. The average Bonchev–Trinajstić information content (AvgIpc) is 2.38. The van der Waals surface area contributed by atoms with Crippen LogP contribution in [0.15, 0.2) is 30.6 Å². The first-order valence-corrected chi connectivity index (χ1v) is 5.95. The molecule has 0 aliphatic heterocycles. The van der Waals surface area contributed by atoms with Crippen LogP contribution >= 0.6 is 0 Å². The highest BCUT2D eigenvalue weighted by atomic mass is 19.1. The van der Waals surface area contributed by atoms with Crippen LogP contribution in [0.5, 0.6) is 0 Å². The Morgan fingerprint density at radius 3 is 2.26 bits per heavy atom. The van der Waals surface area contributed by atoms with E-state index in [1.54, 1.807) is 6.07 Å². The van der Waals surface area contributed by atoms with Gasteiger partial charge in [-0.25, -0.2) is 14.4 Å². The van der Waals surface area contributed by atoms with Gasteiger partial charge in [0.05, 0.1) is 0 Å². The highest BCUT2D eigenvalue weighted by molar-refractivity contribution is 5.61. The Morgan fingerprint density at radius 1 is 1.11 bits per heavy atom. The molecular weight excluding hydrogens is 241 g/mol. The number of aromatic nitrogens is 2. The molecule has 0 atom stereocenters. The minimum atomic E-state index is -0.673. The van der Waals surface area contributed by atoms with Crippen LogP contribution < -0.4 is 0 Å². The fourth-order valence-corrected chi connectivity index (χ4v) is 1.78. The molecule has 4 heteroatoms. The Bertz CT molecular complexity index is 634. The number of hydrogen-bond donors (Lipinski definition) is 0. The molecule has 1 heterocycles. The van der Waals surface area contributed by atoms with Crippen LogP contribution in [0.1, 0.15) is 32.0 Å². The molecule has 0 saturated heterocycles. The second kappa shape index (κ2) is 4.77. The van der Waals surface area contributed by atoms with Crippen molar-refractivity contribution in [3.63, 3.8) is 0 Å². The van der Waals surface area contributed by atoms with Crippen LogP contribution in [0.25, 0.3) is 11.3 Å². The second-order valence-corrected chi connectivity index (χ2v) is 5.32. The standard InChI is InChI=1S/C15H14FN3/c1-15(2,3)11-6-4-10(5-7-11)14-13(16)12(8-17)18-9-19-14/h4-7,9H,1-3H3. The maximum Gasteiger partial charge on any atom is 0.185 e. The van der Waals surface area contributed by atoms with Gasteiger partial charge in [-0.05, 0) is 11.0 Å². The van der Waals surface area contributed by atoms with E-state index in [9.17, 15) is 4.39 Å². The number of halogens is 1. The molecule has 3 nitrogen and oxygen atoms in total. The Balaban J connectivity index is 2.47. The molecule has 19 heavy (non-hydrogen) atoms. The van der Waals surface area contributed by atoms with Gasteiger partial charge in [0.25, 0.3) is 0 Å². The summed E-state index contributed by atoms with van der Waals surface area (Å²) in [7, 11) is 0. The lowest BCUT2D eigenvalue weighted by molar-refractivity contribution is 0.590. The van der Waals surface area contributed by atoms with E-state index in [1.165, 1.54) is 6.33 Å². The number of hydrogen-bond acceptors (Lipinski definition) is 3. The van der Waals surface area contributed by atoms with Crippen LogP contribution in [0.3, 0.4) is 0 Å². The van der Waals surface area contributed by atoms with Gasteiger partial charge in [0.1, 0.15) is 18.1 Å². The Labute approximate surface area is 111 Å². The predicted molar refractivity (Wildman–Crippen MR) is 70.8 cm³/mol. The molecule has 0 aliphatic rings. The lowest BCUT2D eigenvalue weighted by atomic mass is 9.86. The smallest absolute Gasteiger partial charge is 0.185 e. The van der Waals surface area contributed by atoms with Crippen LogP contribution in [-0.2, 0) is 5.41 Å². The Morgan fingerprint density at radius 2 is 1.74 bits per heavy atom. The monoisotopic (exact) mass is 255 g/mol. The van der Waals surface area contributed by atoms with Crippen molar-refractivity contribution in [1.29, 1.82) is 5.26 Å². The summed E-state index contributed by atoms with van der Waals surface area (Å²) >= 11 is 0. The number of nitriles is 1. The molecule has 1 aromatic heterocycles. The van der Waals surface area contributed by atoms with Gasteiger partial charge in [-0.1, -0.05) is 45.0 Å². The summed E-state index contributed by atoms with van der Waals surface area (Å²) in [6.07, 6.45) is 1.20. The third kappa shape index (κ3) is 2.60. The van der Waals surface area contributed by atoms with Gasteiger partial charge in [-0.2, -0.15) is 5.26 Å². The molecule has 96 valence electrons. The third-order valence-electron chi connectivity index (χ3n) is 2.92. The van der Waals surface area contributed by atoms with E-state index in [2.05, 4.69) is 30.7 Å². The van der Waals surface area contributed by atoms with Crippen molar-refractivity contribution in [2.75, 3.05) is 0 Å². The first-order chi connectivity index (χ1) is 8.93. The summed E-state index contributed by atoms with van der Waals surface area (Å²) in [5.41, 5.74) is 1.77. The zero-order valence-corrected chi connectivity index (χ0v) is 11.1. The van der Waals surface area contributed by atoms with Gasteiger partial charge in [0.15, 0.2) is 11.5 Å². The van der Waals surface area contributed by atoms with Crippen LogP contribution in [0.4, 0.5) is 4.39 Å².